The predicted octanol–water partition coefficient (Wildman–Crippen LogP) is -0.272. The van der Waals surface area contributed by atoms with E-state index in [0.29, 0.717) is 0 Å². The molecule has 1 aliphatic rings. The average molecular weight is 170 g/mol. The van der Waals surface area contributed by atoms with Crippen molar-refractivity contribution in [2.45, 2.75) is 12.8 Å². The van der Waals surface area contributed by atoms with Crippen molar-refractivity contribution in [3.8, 4) is 0 Å². The highest BCUT2D eigenvalue weighted by molar-refractivity contribution is 5.84. The van der Waals surface area contributed by atoms with E-state index in [1.165, 1.54) is 0 Å². The third kappa shape index (κ3) is 2.41. The molecule has 12 heavy (non-hydrogen) atoms. The predicted molar refractivity (Wildman–Crippen MR) is 46.1 cm³/mol. The van der Waals surface area contributed by atoms with Gasteiger partial charge >= 0.3 is 6.03 Å². The fourth-order valence-corrected chi connectivity index (χ4v) is 1.20. The van der Waals surface area contributed by atoms with Crippen molar-refractivity contribution < 1.29 is 4.79 Å². The Morgan fingerprint density at radius 2 is 2.08 bits per heavy atom. The molecule has 1 heterocycles. The molecule has 0 aromatic carbocycles. The number of likely N-dealkylation sites (tertiary alicyclic amines) is 1. The van der Waals surface area contributed by atoms with E-state index < -0.39 is 0 Å². The van der Waals surface area contributed by atoms with Crippen LogP contribution in [-0.4, -0.2) is 36.4 Å². The van der Waals surface area contributed by atoms with Gasteiger partial charge in [0.15, 0.2) is 0 Å². The zero-order chi connectivity index (χ0) is 8.97. The minimum absolute atomic E-state index is 0.0115. The highest BCUT2D eigenvalue weighted by atomic mass is 16.2. The molecule has 1 saturated heterocycles. The second-order valence-corrected chi connectivity index (χ2v) is 2.88. The number of hydrogen-bond donors (Lipinski definition) is 3. The molecule has 1 fully saturated rings. The molecule has 0 saturated carbocycles. The van der Waals surface area contributed by atoms with Gasteiger partial charge in [-0.25, -0.2) is 4.79 Å². The normalized spacial score (nSPS) is 16.2. The molecule has 0 spiro atoms. The minimum atomic E-state index is -0.109. The summed E-state index contributed by atoms with van der Waals surface area (Å²) in [6.07, 6.45) is 2.15. The number of nitrogens with zero attached hydrogens (tertiary/aromatic N) is 1. The molecule has 1 rings (SSSR count). The summed E-state index contributed by atoms with van der Waals surface area (Å²) >= 11 is 0. The van der Waals surface area contributed by atoms with E-state index in [1.54, 1.807) is 4.90 Å². The summed E-state index contributed by atoms with van der Waals surface area (Å²) in [7, 11) is 0. The SMILES string of the molecule is N=C(N)CNC(=O)N1CCCC1. The van der Waals surface area contributed by atoms with Gasteiger partial charge in [0.1, 0.15) is 5.84 Å². The first kappa shape index (κ1) is 8.83. The van der Waals surface area contributed by atoms with Gasteiger partial charge in [0.2, 0.25) is 0 Å². The summed E-state index contributed by atoms with van der Waals surface area (Å²) in [5, 5.41) is 9.46. The van der Waals surface area contributed by atoms with Gasteiger partial charge in [-0.05, 0) is 12.8 Å². The van der Waals surface area contributed by atoms with Crippen LogP contribution in [0.1, 0.15) is 12.8 Å². The zero-order valence-electron chi connectivity index (χ0n) is 6.97. The topological polar surface area (TPSA) is 82.2 Å². The number of rotatable bonds is 2. The van der Waals surface area contributed by atoms with E-state index in [4.69, 9.17) is 11.1 Å². The fraction of sp³-hybridized carbons (Fsp3) is 0.714. The maximum Gasteiger partial charge on any atom is 0.317 e. The Kier molecular flexibility index (Phi) is 2.90. The van der Waals surface area contributed by atoms with E-state index >= 15 is 0 Å². The number of nitrogens with two attached hydrogens (primary N) is 1. The molecule has 2 amide bonds. The third-order valence-corrected chi connectivity index (χ3v) is 1.82. The fourth-order valence-electron chi connectivity index (χ4n) is 1.20. The maximum absolute atomic E-state index is 11.2. The van der Waals surface area contributed by atoms with Gasteiger partial charge in [0.25, 0.3) is 0 Å². The first-order chi connectivity index (χ1) is 5.70. The standard InChI is InChI=1S/C7H14N4O/c8-6(9)5-10-7(12)11-3-1-2-4-11/h1-5H2,(H3,8,9)(H,10,12). The van der Waals surface area contributed by atoms with Crippen molar-refractivity contribution in [3.05, 3.63) is 0 Å². The Morgan fingerprint density at radius 1 is 1.50 bits per heavy atom. The van der Waals surface area contributed by atoms with Crippen LogP contribution in [0.2, 0.25) is 0 Å². The monoisotopic (exact) mass is 170 g/mol. The molecule has 0 atom stereocenters. The minimum Gasteiger partial charge on any atom is -0.386 e. The summed E-state index contributed by atoms with van der Waals surface area (Å²) in [5.41, 5.74) is 5.09. The average Bonchev–Trinajstić information content (AvgIpc) is 2.51. The molecule has 68 valence electrons. The van der Waals surface area contributed by atoms with Crippen molar-refractivity contribution in [1.29, 1.82) is 5.41 Å². The largest absolute Gasteiger partial charge is 0.386 e. The van der Waals surface area contributed by atoms with Crippen LogP contribution in [0.15, 0.2) is 0 Å². The van der Waals surface area contributed by atoms with Crippen molar-refractivity contribution in [2.24, 2.45) is 5.73 Å². The number of carbonyl (C=O) groups excluding carboxylic acids is 1. The molecule has 0 unspecified atom stereocenters. The Balaban J connectivity index is 2.23. The van der Waals surface area contributed by atoms with E-state index in [2.05, 4.69) is 5.32 Å². The number of amidine groups is 1. The van der Waals surface area contributed by atoms with E-state index in [1.807, 2.05) is 0 Å². The van der Waals surface area contributed by atoms with Gasteiger partial charge in [-0.15, -0.1) is 0 Å². The molecular weight excluding hydrogens is 156 g/mol. The Morgan fingerprint density at radius 3 is 2.58 bits per heavy atom. The number of hydrogen-bond acceptors (Lipinski definition) is 2. The molecule has 0 aliphatic carbocycles. The van der Waals surface area contributed by atoms with Crippen LogP contribution in [0, 0.1) is 5.41 Å². The van der Waals surface area contributed by atoms with Crippen LogP contribution in [0.3, 0.4) is 0 Å². The quantitative estimate of drug-likeness (QED) is 0.393. The van der Waals surface area contributed by atoms with Gasteiger partial charge in [0.05, 0.1) is 6.54 Å². The van der Waals surface area contributed by atoms with Crippen LogP contribution in [0.4, 0.5) is 4.79 Å². The van der Waals surface area contributed by atoms with Gasteiger partial charge in [0, 0.05) is 13.1 Å². The van der Waals surface area contributed by atoms with Crippen LogP contribution in [0.5, 0.6) is 0 Å². The molecule has 0 radical (unpaired) electrons. The first-order valence-corrected chi connectivity index (χ1v) is 4.06. The molecule has 5 nitrogen and oxygen atoms in total. The number of urea groups is 1. The van der Waals surface area contributed by atoms with E-state index in [9.17, 15) is 4.79 Å². The molecule has 0 bridgehead atoms. The summed E-state index contributed by atoms with van der Waals surface area (Å²) in [5.74, 6) is -0.0115. The van der Waals surface area contributed by atoms with Crippen molar-refractivity contribution in [3.63, 3.8) is 0 Å². The second kappa shape index (κ2) is 3.94. The lowest BCUT2D eigenvalue weighted by Crippen LogP contribution is -2.41. The van der Waals surface area contributed by atoms with Crippen LogP contribution >= 0.6 is 0 Å². The molecule has 4 N–H and O–H groups in total. The van der Waals surface area contributed by atoms with Crippen molar-refractivity contribution >= 4 is 11.9 Å². The molecule has 5 heteroatoms. The maximum atomic E-state index is 11.2. The molecule has 0 aromatic rings. The Labute approximate surface area is 71.4 Å². The first-order valence-electron chi connectivity index (χ1n) is 4.06. The summed E-state index contributed by atoms with van der Waals surface area (Å²) in [4.78, 5) is 13.0. The third-order valence-electron chi connectivity index (χ3n) is 1.82. The van der Waals surface area contributed by atoms with Crippen molar-refractivity contribution in [2.75, 3.05) is 19.6 Å². The molecule has 0 aromatic heterocycles. The highest BCUT2D eigenvalue weighted by Gasteiger charge is 2.16. The summed E-state index contributed by atoms with van der Waals surface area (Å²) in [6.45, 7) is 1.79. The van der Waals surface area contributed by atoms with Crippen LogP contribution in [0.25, 0.3) is 0 Å². The van der Waals surface area contributed by atoms with Gasteiger partial charge < -0.3 is 16.0 Å². The lowest BCUT2D eigenvalue weighted by Gasteiger charge is -2.15. The van der Waals surface area contributed by atoms with Gasteiger partial charge in [-0.3, -0.25) is 5.41 Å². The number of amides is 2. The Bertz CT molecular complexity index is 186. The molecular formula is C7H14N4O. The number of nitrogens with one attached hydrogen (secondary N) is 2. The smallest absolute Gasteiger partial charge is 0.317 e. The van der Waals surface area contributed by atoms with E-state index in [-0.39, 0.29) is 18.4 Å². The van der Waals surface area contributed by atoms with E-state index in [0.717, 1.165) is 25.9 Å². The summed E-state index contributed by atoms with van der Waals surface area (Å²) in [6, 6.07) is -0.109. The van der Waals surface area contributed by atoms with Gasteiger partial charge in [-0.2, -0.15) is 0 Å². The lowest BCUT2D eigenvalue weighted by atomic mass is 10.4. The van der Waals surface area contributed by atoms with Crippen molar-refractivity contribution in [1.82, 2.24) is 10.2 Å². The second-order valence-electron chi connectivity index (χ2n) is 2.88. The lowest BCUT2D eigenvalue weighted by molar-refractivity contribution is 0.210. The van der Waals surface area contributed by atoms with Crippen LogP contribution in [-0.2, 0) is 0 Å². The summed E-state index contributed by atoms with van der Waals surface area (Å²) < 4.78 is 0. The highest BCUT2D eigenvalue weighted by Crippen LogP contribution is 2.06. The number of carbonyl (C=O) groups is 1. The zero-order valence-corrected chi connectivity index (χ0v) is 6.97. The Hall–Kier alpha value is -1.26. The molecule has 1 aliphatic heterocycles. The van der Waals surface area contributed by atoms with Crippen LogP contribution < -0.4 is 11.1 Å². The van der Waals surface area contributed by atoms with Gasteiger partial charge in [-0.1, -0.05) is 0 Å².